The molecule has 0 fully saturated rings. The van der Waals surface area contributed by atoms with Crippen molar-refractivity contribution in [3.8, 4) is 0 Å². The first kappa shape index (κ1) is 11.6. The van der Waals surface area contributed by atoms with E-state index in [4.69, 9.17) is 0 Å². The lowest BCUT2D eigenvalue weighted by molar-refractivity contribution is 1.03. The molecule has 2 heterocycles. The number of H-pyrrole nitrogens is 1. The van der Waals surface area contributed by atoms with Crippen LogP contribution in [0, 0.1) is 0 Å². The Hall–Kier alpha value is -1.89. The molecule has 0 bridgehead atoms. The van der Waals surface area contributed by atoms with Crippen molar-refractivity contribution in [1.29, 1.82) is 0 Å². The van der Waals surface area contributed by atoms with Gasteiger partial charge in [0.25, 0.3) is 0 Å². The van der Waals surface area contributed by atoms with Gasteiger partial charge in [-0.05, 0) is 6.92 Å². The SMILES string of the molecule is CCNc1cc(NCc2csc(=O)[nH]2)ncn1. The number of rotatable bonds is 5. The molecular formula is C10H13N5OS. The standard InChI is InChI=1S/C10H13N5OS/c1-2-11-8-3-9(14-6-13-8)12-4-7-5-17-10(16)15-7/h3,5-6H,2,4H2,1H3,(H,15,16)(H2,11,12,13,14). The highest BCUT2D eigenvalue weighted by Gasteiger charge is 1.99. The van der Waals surface area contributed by atoms with Gasteiger partial charge in [-0.2, -0.15) is 0 Å². The number of nitrogens with one attached hydrogen (secondary N) is 3. The second kappa shape index (κ2) is 5.44. The third-order valence-corrected chi connectivity index (χ3v) is 2.77. The first-order valence-corrected chi connectivity index (χ1v) is 6.12. The van der Waals surface area contributed by atoms with Crippen LogP contribution >= 0.6 is 11.3 Å². The van der Waals surface area contributed by atoms with Gasteiger partial charge in [0.05, 0.1) is 6.54 Å². The Balaban J connectivity index is 1.98. The lowest BCUT2D eigenvalue weighted by Gasteiger charge is -2.06. The van der Waals surface area contributed by atoms with Crippen LogP contribution in [0.25, 0.3) is 0 Å². The minimum Gasteiger partial charge on any atom is -0.370 e. The van der Waals surface area contributed by atoms with Crippen molar-refractivity contribution in [1.82, 2.24) is 15.0 Å². The molecule has 2 aromatic heterocycles. The molecular weight excluding hydrogens is 238 g/mol. The first-order valence-electron chi connectivity index (χ1n) is 5.24. The molecule has 0 spiro atoms. The van der Waals surface area contributed by atoms with Gasteiger partial charge in [-0.3, -0.25) is 4.79 Å². The van der Waals surface area contributed by atoms with Crippen LogP contribution in [-0.4, -0.2) is 21.5 Å². The molecule has 3 N–H and O–H groups in total. The maximum Gasteiger partial charge on any atom is 0.304 e. The van der Waals surface area contributed by atoms with Crippen LogP contribution in [0.3, 0.4) is 0 Å². The van der Waals surface area contributed by atoms with E-state index in [1.165, 1.54) is 6.33 Å². The van der Waals surface area contributed by atoms with Crippen LogP contribution in [0.5, 0.6) is 0 Å². The minimum absolute atomic E-state index is 0.0437. The fourth-order valence-corrected chi connectivity index (χ4v) is 1.90. The average molecular weight is 251 g/mol. The molecule has 0 atom stereocenters. The summed E-state index contributed by atoms with van der Waals surface area (Å²) in [6.45, 7) is 3.36. The highest BCUT2D eigenvalue weighted by atomic mass is 32.1. The zero-order valence-electron chi connectivity index (χ0n) is 9.36. The van der Waals surface area contributed by atoms with Gasteiger partial charge in [-0.15, -0.1) is 0 Å². The third kappa shape index (κ3) is 3.28. The fraction of sp³-hybridized carbons (Fsp3) is 0.300. The zero-order valence-corrected chi connectivity index (χ0v) is 10.2. The summed E-state index contributed by atoms with van der Waals surface area (Å²) in [5.41, 5.74) is 0.851. The Morgan fingerprint density at radius 3 is 2.76 bits per heavy atom. The Morgan fingerprint density at radius 2 is 2.12 bits per heavy atom. The van der Waals surface area contributed by atoms with E-state index in [1.54, 1.807) is 5.38 Å². The van der Waals surface area contributed by atoms with Crippen LogP contribution in [0.15, 0.2) is 22.6 Å². The summed E-state index contributed by atoms with van der Waals surface area (Å²) < 4.78 is 0. The van der Waals surface area contributed by atoms with Crippen LogP contribution in [-0.2, 0) is 6.54 Å². The van der Waals surface area contributed by atoms with Crippen LogP contribution in [0.1, 0.15) is 12.6 Å². The van der Waals surface area contributed by atoms with Crippen molar-refractivity contribution in [3.05, 3.63) is 33.1 Å². The van der Waals surface area contributed by atoms with Gasteiger partial charge in [0, 0.05) is 23.7 Å². The largest absolute Gasteiger partial charge is 0.370 e. The number of hydrogen-bond donors (Lipinski definition) is 3. The molecule has 0 aromatic carbocycles. The molecule has 0 saturated heterocycles. The zero-order chi connectivity index (χ0) is 12.1. The molecule has 0 radical (unpaired) electrons. The third-order valence-electron chi connectivity index (χ3n) is 2.06. The molecule has 0 unspecified atom stereocenters. The number of hydrogen-bond acceptors (Lipinski definition) is 6. The minimum atomic E-state index is -0.0437. The number of aromatic nitrogens is 3. The Kier molecular flexibility index (Phi) is 3.71. The van der Waals surface area contributed by atoms with E-state index < -0.39 is 0 Å². The summed E-state index contributed by atoms with van der Waals surface area (Å²) in [4.78, 5) is 21.8. The van der Waals surface area contributed by atoms with E-state index >= 15 is 0 Å². The van der Waals surface area contributed by atoms with Crippen molar-refractivity contribution in [3.63, 3.8) is 0 Å². The summed E-state index contributed by atoms with van der Waals surface area (Å²) in [5, 5.41) is 8.02. The van der Waals surface area contributed by atoms with Gasteiger partial charge in [0.15, 0.2) is 0 Å². The number of aromatic amines is 1. The summed E-state index contributed by atoms with van der Waals surface area (Å²) in [5.74, 6) is 1.51. The van der Waals surface area contributed by atoms with E-state index in [2.05, 4.69) is 25.6 Å². The molecule has 2 rings (SSSR count). The lowest BCUT2D eigenvalue weighted by atomic mass is 10.4. The smallest absolute Gasteiger partial charge is 0.304 e. The number of thiazole rings is 1. The Morgan fingerprint density at radius 1 is 1.35 bits per heavy atom. The average Bonchev–Trinajstić information content (AvgIpc) is 2.74. The number of anilines is 2. The van der Waals surface area contributed by atoms with Gasteiger partial charge < -0.3 is 15.6 Å². The molecule has 0 aliphatic heterocycles. The van der Waals surface area contributed by atoms with Crippen molar-refractivity contribution >= 4 is 23.0 Å². The number of nitrogens with zero attached hydrogens (tertiary/aromatic N) is 2. The van der Waals surface area contributed by atoms with Gasteiger partial charge >= 0.3 is 4.87 Å². The highest BCUT2D eigenvalue weighted by Crippen LogP contribution is 2.09. The Labute approximate surface area is 102 Å². The molecule has 0 aliphatic rings. The first-order chi connectivity index (χ1) is 8.28. The maximum absolute atomic E-state index is 10.9. The van der Waals surface area contributed by atoms with Gasteiger partial charge in [-0.25, -0.2) is 9.97 Å². The van der Waals surface area contributed by atoms with Gasteiger partial charge in [0.1, 0.15) is 18.0 Å². The van der Waals surface area contributed by atoms with E-state index in [0.29, 0.717) is 6.54 Å². The van der Waals surface area contributed by atoms with Crippen molar-refractivity contribution in [2.75, 3.05) is 17.2 Å². The lowest BCUT2D eigenvalue weighted by Crippen LogP contribution is -2.06. The monoisotopic (exact) mass is 251 g/mol. The molecule has 0 aliphatic carbocycles. The summed E-state index contributed by atoms with van der Waals surface area (Å²) in [6, 6.07) is 1.83. The van der Waals surface area contributed by atoms with Gasteiger partial charge in [0.2, 0.25) is 0 Å². The fourth-order valence-electron chi connectivity index (χ4n) is 1.32. The molecule has 6 nitrogen and oxygen atoms in total. The summed E-state index contributed by atoms with van der Waals surface area (Å²) >= 11 is 1.15. The maximum atomic E-state index is 10.9. The molecule has 90 valence electrons. The van der Waals surface area contributed by atoms with Crippen molar-refractivity contribution in [2.45, 2.75) is 13.5 Å². The van der Waals surface area contributed by atoms with Crippen LogP contribution in [0.4, 0.5) is 11.6 Å². The van der Waals surface area contributed by atoms with Crippen LogP contribution in [0.2, 0.25) is 0 Å². The second-order valence-corrected chi connectivity index (χ2v) is 4.19. The summed E-state index contributed by atoms with van der Waals surface area (Å²) in [6.07, 6.45) is 1.50. The Bertz CT molecular complexity index is 535. The van der Waals surface area contributed by atoms with Gasteiger partial charge in [-0.1, -0.05) is 11.3 Å². The molecule has 0 saturated carbocycles. The second-order valence-electron chi connectivity index (χ2n) is 3.35. The predicted molar refractivity (Wildman–Crippen MR) is 68.5 cm³/mol. The van der Waals surface area contributed by atoms with E-state index in [9.17, 15) is 4.79 Å². The highest BCUT2D eigenvalue weighted by molar-refractivity contribution is 7.07. The van der Waals surface area contributed by atoms with Crippen molar-refractivity contribution in [2.24, 2.45) is 0 Å². The van der Waals surface area contributed by atoms with E-state index in [0.717, 1.165) is 35.2 Å². The molecule has 17 heavy (non-hydrogen) atoms. The van der Waals surface area contributed by atoms with Crippen LogP contribution < -0.4 is 15.5 Å². The van der Waals surface area contributed by atoms with Crippen molar-refractivity contribution < 1.29 is 0 Å². The predicted octanol–water partition coefficient (Wildman–Crippen LogP) is 1.27. The van der Waals surface area contributed by atoms with E-state index in [1.807, 2.05) is 13.0 Å². The van der Waals surface area contributed by atoms with E-state index in [-0.39, 0.29) is 4.87 Å². The molecule has 0 amide bonds. The summed E-state index contributed by atoms with van der Waals surface area (Å²) in [7, 11) is 0. The normalized spacial score (nSPS) is 10.2. The topological polar surface area (TPSA) is 82.7 Å². The molecule has 2 aromatic rings. The quantitative estimate of drug-likeness (QED) is 0.745. The molecule has 7 heteroatoms.